The molecule has 2 rings (SSSR count). The molecule has 0 bridgehead atoms. The summed E-state index contributed by atoms with van der Waals surface area (Å²) in [6, 6.07) is 6.06. The molecule has 17 heavy (non-hydrogen) atoms. The number of imidazole rings is 1. The third-order valence-corrected chi connectivity index (χ3v) is 2.99. The number of rotatable bonds is 3. The Morgan fingerprint density at radius 2 is 2.29 bits per heavy atom. The van der Waals surface area contributed by atoms with Gasteiger partial charge in [0.1, 0.15) is 5.82 Å². The summed E-state index contributed by atoms with van der Waals surface area (Å²) in [5.74, 6) is 0.908. The van der Waals surface area contributed by atoms with E-state index in [-0.39, 0.29) is 0 Å². The quantitative estimate of drug-likeness (QED) is 0.674. The predicted octanol–water partition coefficient (Wildman–Crippen LogP) is 2.70. The van der Waals surface area contributed by atoms with Crippen molar-refractivity contribution >= 4 is 28.0 Å². The number of halogens is 1. The Labute approximate surface area is 105 Å². The molecule has 0 atom stereocenters. The van der Waals surface area contributed by atoms with E-state index in [9.17, 15) is 4.79 Å². The van der Waals surface area contributed by atoms with Gasteiger partial charge >= 0.3 is 5.37 Å². The van der Waals surface area contributed by atoms with E-state index in [4.69, 9.17) is 11.6 Å². The molecule has 0 unspecified atom stereocenters. The Hall–Kier alpha value is -1.55. The van der Waals surface area contributed by atoms with Crippen LogP contribution < -0.4 is 0 Å². The summed E-state index contributed by atoms with van der Waals surface area (Å²) in [6.07, 6.45) is 0.781. The molecule has 0 saturated heterocycles. The van der Waals surface area contributed by atoms with E-state index in [1.54, 1.807) is 7.05 Å². The van der Waals surface area contributed by atoms with Crippen molar-refractivity contribution < 1.29 is 4.79 Å². The van der Waals surface area contributed by atoms with Gasteiger partial charge in [0.15, 0.2) is 0 Å². The lowest BCUT2D eigenvalue weighted by Crippen LogP contribution is -2.23. The van der Waals surface area contributed by atoms with E-state index in [1.807, 2.05) is 19.1 Å². The van der Waals surface area contributed by atoms with Crippen molar-refractivity contribution in [3.8, 4) is 0 Å². The van der Waals surface area contributed by atoms with Crippen LogP contribution in [0.5, 0.6) is 0 Å². The second-order valence-electron chi connectivity index (χ2n) is 4.10. The van der Waals surface area contributed by atoms with E-state index >= 15 is 0 Å². The van der Waals surface area contributed by atoms with Crippen molar-refractivity contribution in [3.63, 3.8) is 0 Å². The van der Waals surface area contributed by atoms with Crippen molar-refractivity contribution in [2.75, 3.05) is 13.6 Å². The normalized spacial score (nSPS) is 10.8. The first-order valence-electron chi connectivity index (χ1n) is 5.42. The summed E-state index contributed by atoms with van der Waals surface area (Å²) < 4.78 is 0. The number of aryl methyl sites for hydroxylation is 1. The molecule has 4 nitrogen and oxygen atoms in total. The van der Waals surface area contributed by atoms with Crippen molar-refractivity contribution in [1.82, 2.24) is 14.9 Å². The van der Waals surface area contributed by atoms with Crippen LogP contribution in [-0.2, 0) is 6.42 Å². The first-order chi connectivity index (χ1) is 8.06. The predicted molar refractivity (Wildman–Crippen MR) is 68.4 cm³/mol. The summed E-state index contributed by atoms with van der Waals surface area (Å²) in [5, 5.41) is -0.427. The molecule has 1 aromatic carbocycles. The fourth-order valence-corrected chi connectivity index (χ4v) is 1.81. The Balaban J connectivity index is 2.11. The molecule has 0 aliphatic rings. The molecular formula is C12H14ClN3O. The lowest BCUT2D eigenvalue weighted by Gasteiger charge is -2.12. The van der Waals surface area contributed by atoms with E-state index in [0.29, 0.717) is 6.54 Å². The van der Waals surface area contributed by atoms with Crippen LogP contribution in [-0.4, -0.2) is 33.8 Å². The number of nitrogens with zero attached hydrogens (tertiary/aromatic N) is 2. The monoisotopic (exact) mass is 251 g/mol. The van der Waals surface area contributed by atoms with Gasteiger partial charge in [-0.15, -0.1) is 0 Å². The zero-order chi connectivity index (χ0) is 12.4. The number of hydrogen-bond acceptors (Lipinski definition) is 2. The smallest absolute Gasteiger partial charge is 0.316 e. The highest BCUT2D eigenvalue weighted by molar-refractivity contribution is 6.62. The van der Waals surface area contributed by atoms with Crippen LogP contribution in [0.2, 0.25) is 0 Å². The number of benzene rings is 1. The number of aromatic nitrogens is 2. The number of carbonyl (C=O) groups is 1. The van der Waals surface area contributed by atoms with Gasteiger partial charge < -0.3 is 9.88 Å². The maximum Gasteiger partial charge on any atom is 0.316 e. The minimum absolute atomic E-state index is 0.427. The molecule has 0 aliphatic heterocycles. The topological polar surface area (TPSA) is 49.0 Å². The summed E-state index contributed by atoms with van der Waals surface area (Å²) in [7, 11) is 1.69. The fourth-order valence-electron chi connectivity index (χ4n) is 1.72. The molecule has 0 saturated carbocycles. The maximum absolute atomic E-state index is 10.9. The Bertz CT molecular complexity index is 550. The van der Waals surface area contributed by atoms with Crippen molar-refractivity contribution in [1.29, 1.82) is 0 Å². The molecule has 0 radical (unpaired) electrons. The molecular weight excluding hydrogens is 238 g/mol. The summed E-state index contributed by atoms with van der Waals surface area (Å²) in [6.45, 7) is 2.54. The van der Waals surface area contributed by atoms with Crippen molar-refractivity contribution in [3.05, 3.63) is 29.6 Å². The van der Waals surface area contributed by atoms with Crippen molar-refractivity contribution in [2.24, 2.45) is 0 Å². The number of amides is 1. The Morgan fingerprint density at radius 1 is 1.53 bits per heavy atom. The number of nitrogens with one attached hydrogen (secondary N) is 1. The molecule has 0 aliphatic carbocycles. The van der Waals surface area contributed by atoms with Crippen LogP contribution in [0.4, 0.5) is 4.79 Å². The largest absolute Gasteiger partial charge is 0.342 e. The first kappa shape index (κ1) is 11.9. The molecule has 1 aromatic heterocycles. The molecule has 2 aromatic rings. The second-order valence-corrected chi connectivity index (χ2v) is 4.42. The van der Waals surface area contributed by atoms with Gasteiger partial charge in [-0.2, -0.15) is 0 Å². The summed E-state index contributed by atoms with van der Waals surface area (Å²) in [5.41, 5.74) is 3.15. The molecule has 1 heterocycles. The Morgan fingerprint density at radius 3 is 3.00 bits per heavy atom. The highest BCUT2D eigenvalue weighted by Gasteiger charge is 2.05. The average Bonchev–Trinajstić information content (AvgIpc) is 2.64. The zero-order valence-corrected chi connectivity index (χ0v) is 10.6. The second kappa shape index (κ2) is 4.75. The van der Waals surface area contributed by atoms with Gasteiger partial charge in [0, 0.05) is 13.6 Å². The highest BCUT2D eigenvalue weighted by atomic mass is 35.5. The third kappa shape index (κ3) is 2.77. The van der Waals surface area contributed by atoms with E-state index < -0.39 is 5.37 Å². The van der Waals surface area contributed by atoms with Crippen LogP contribution in [0, 0.1) is 6.92 Å². The number of aromatic amines is 1. The lowest BCUT2D eigenvalue weighted by atomic mass is 10.1. The maximum atomic E-state index is 10.9. The van der Waals surface area contributed by atoms with Gasteiger partial charge in [-0.3, -0.25) is 4.79 Å². The van der Waals surface area contributed by atoms with Gasteiger partial charge in [0.25, 0.3) is 0 Å². The summed E-state index contributed by atoms with van der Waals surface area (Å²) >= 11 is 5.36. The zero-order valence-electron chi connectivity index (χ0n) is 9.83. The van der Waals surface area contributed by atoms with Gasteiger partial charge in [0.2, 0.25) is 0 Å². The SMILES string of the molecule is Cc1nc2ccc(CCN(C)C(=O)Cl)cc2[nH]1. The lowest BCUT2D eigenvalue weighted by molar-refractivity contribution is 0.232. The molecule has 5 heteroatoms. The first-order valence-corrected chi connectivity index (χ1v) is 5.80. The van der Waals surface area contributed by atoms with Gasteiger partial charge in [-0.05, 0) is 42.6 Å². The van der Waals surface area contributed by atoms with Crippen LogP contribution >= 0.6 is 11.6 Å². The molecule has 0 spiro atoms. The average molecular weight is 252 g/mol. The standard InChI is InChI=1S/C12H14ClN3O/c1-8-14-10-4-3-9(7-11(10)15-8)5-6-16(2)12(13)17/h3-4,7H,5-6H2,1-2H3,(H,14,15). The number of hydrogen-bond donors (Lipinski definition) is 1. The van der Waals surface area contributed by atoms with Gasteiger partial charge in [-0.25, -0.2) is 4.98 Å². The third-order valence-electron chi connectivity index (χ3n) is 2.70. The van der Waals surface area contributed by atoms with Gasteiger partial charge in [-0.1, -0.05) is 6.07 Å². The van der Waals surface area contributed by atoms with Crippen LogP contribution in [0.15, 0.2) is 18.2 Å². The van der Waals surface area contributed by atoms with Gasteiger partial charge in [0.05, 0.1) is 11.0 Å². The fraction of sp³-hybridized carbons (Fsp3) is 0.333. The minimum atomic E-state index is -0.427. The minimum Gasteiger partial charge on any atom is -0.342 e. The molecule has 0 fully saturated rings. The number of fused-ring (bicyclic) bond motifs is 1. The van der Waals surface area contributed by atoms with E-state index in [0.717, 1.165) is 28.8 Å². The van der Waals surface area contributed by atoms with E-state index in [1.165, 1.54) is 4.90 Å². The van der Waals surface area contributed by atoms with Crippen LogP contribution in [0.25, 0.3) is 11.0 Å². The molecule has 1 amide bonds. The van der Waals surface area contributed by atoms with Crippen LogP contribution in [0.1, 0.15) is 11.4 Å². The molecule has 1 N–H and O–H groups in total. The Kier molecular flexibility index (Phi) is 3.33. The number of carbonyl (C=O) groups excluding carboxylic acids is 1. The number of H-pyrrole nitrogens is 1. The van der Waals surface area contributed by atoms with E-state index in [2.05, 4.69) is 16.0 Å². The van der Waals surface area contributed by atoms with Crippen LogP contribution in [0.3, 0.4) is 0 Å². The number of likely N-dealkylation sites (N-methyl/N-ethyl adjacent to an activating group) is 1. The van der Waals surface area contributed by atoms with Crippen molar-refractivity contribution in [2.45, 2.75) is 13.3 Å². The highest BCUT2D eigenvalue weighted by Crippen LogP contribution is 2.14. The molecule has 90 valence electrons. The summed E-state index contributed by atoms with van der Waals surface area (Å²) in [4.78, 5) is 19.9.